The Labute approximate surface area is 90.9 Å². The maximum absolute atomic E-state index is 11.2. The van der Waals surface area contributed by atoms with Crippen molar-refractivity contribution < 1.29 is 23.3 Å². The van der Waals surface area contributed by atoms with Crippen LogP contribution in [-0.4, -0.2) is 35.1 Å². The van der Waals surface area contributed by atoms with Gasteiger partial charge in [-0.25, -0.2) is 4.79 Å². The summed E-state index contributed by atoms with van der Waals surface area (Å²) >= 11 is 0. The molecule has 0 aromatic heterocycles. The largest absolute Gasteiger partial charge is 0.465 e. The normalized spacial score (nSPS) is 12.4. The molecule has 0 amide bonds. The lowest BCUT2D eigenvalue weighted by Crippen LogP contribution is -2.12. The summed E-state index contributed by atoms with van der Waals surface area (Å²) in [5.74, 6) is -1.37. The molecular formula is C9H14O5S. The standard InChI is InChI=1S/C9H14O5S/c1-3-13-8(10)5-6-15(12)7-9(11)14-4-2/h5-6H,3-4,7H2,1-2H3/b6-5+. The van der Waals surface area contributed by atoms with Gasteiger partial charge in [0.15, 0.2) is 0 Å². The summed E-state index contributed by atoms with van der Waals surface area (Å²) in [6.45, 7) is 3.84. The monoisotopic (exact) mass is 234 g/mol. The fourth-order valence-electron chi connectivity index (χ4n) is 0.689. The Bertz CT molecular complexity index is 272. The zero-order chi connectivity index (χ0) is 11.7. The highest BCUT2D eigenvalue weighted by Crippen LogP contribution is 1.90. The summed E-state index contributed by atoms with van der Waals surface area (Å²) in [5, 5.41) is 1.12. The summed E-state index contributed by atoms with van der Waals surface area (Å²) in [7, 11) is -1.53. The zero-order valence-electron chi connectivity index (χ0n) is 8.73. The van der Waals surface area contributed by atoms with Crippen LogP contribution in [0.2, 0.25) is 0 Å². The number of rotatable bonds is 6. The molecule has 0 aromatic rings. The first kappa shape index (κ1) is 13.8. The fourth-order valence-corrected chi connectivity index (χ4v) is 1.36. The van der Waals surface area contributed by atoms with E-state index in [0.29, 0.717) is 0 Å². The summed E-state index contributed by atoms with van der Waals surface area (Å²) in [4.78, 5) is 21.7. The van der Waals surface area contributed by atoms with Gasteiger partial charge in [-0.15, -0.1) is 0 Å². The lowest BCUT2D eigenvalue weighted by atomic mass is 10.6. The molecule has 0 aliphatic carbocycles. The van der Waals surface area contributed by atoms with Crippen LogP contribution in [0.3, 0.4) is 0 Å². The zero-order valence-corrected chi connectivity index (χ0v) is 9.54. The molecule has 15 heavy (non-hydrogen) atoms. The first-order chi connectivity index (χ1) is 7.10. The van der Waals surface area contributed by atoms with E-state index in [1.54, 1.807) is 13.8 Å². The van der Waals surface area contributed by atoms with Crippen LogP contribution in [-0.2, 0) is 29.9 Å². The lowest BCUT2D eigenvalue weighted by molar-refractivity contribution is -0.140. The Morgan fingerprint density at radius 1 is 1.20 bits per heavy atom. The van der Waals surface area contributed by atoms with E-state index in [1.807, 2.05) is 0 Å². The van der Waals surface area contributed by atoms with Gasteiger partial charge in [0, 0.05) is 11.5 Å². The van der Waals surface area contributed by atoms with Crippen LogP contribution in [0, 0.1) is 0 Å². The number of carbonyl (C=O) groups is 2. The third-order valence-corrected chi connectivity index (χ3v) is 2.17. The van der Waals surface area contributed by atoms with E-state index >= 15 is 0 Å². The van der Waals surface area contributed by atoms with Crippen molar-refractivity contribution in [3.63, 3.8) is 0 Å². The molecule has 0 spiro atoms. The van der Waals surface area contributed by atoms with Gasteiger partial charge in [-0.2, -0.15) is 0 Å². The Kier molecular flexibility index (Phi) is 7.53. The highest BCUT2D eigenvalue weighted by atomic mass is 32.2. The second kappa shape index (κ2) is 8.16. The third kappa shape index (κ3) is 7.87. The number of ether oxygens (including phenoxy) is 2. The van der Waals surface area contributed by atoms with Gasteiger partial charge in [0.1, 0.15) is 5.75 Å². The summed E-state index contributed by atoms with van der Waals surface area (Å²) in [6.07, 6.45) is 1.04. The van der Waals surface area contributed by atoms with Crippen molar-refractivity contribution in [1.82, 2.24) is 0 Å². The Morgan fingerprint density at radius 2 is 1.80 bits per heavy atom. The van der Waals surface area contributed by atoms with E-state index in [0.717, 1.165) is 11.5 Å². The molecule has 0 saturated carbocycles. The van der Waals surface area contributed by atoms with E-state index in [4.69, 9.17) is 0 Å². The Balaban J connectivity index is 3.92. The Hall–Kier alpha value is -1.17. The first-order valence-electron chi connectivity index (χ1n) is 4.47. The molecule has 0 N–H and O–H groups in total. The average molecular weight is 234 g/mol. The molecule has 86 valence electrons. The number of hydrogen-bond acceptors (Lipinski definition) is 5. The minimum atomic E-state index is -1.53. The summed E-state index contributed by atoms with van der Waals surface area (Å²) in [5.41, 5.74) is 0. The molecule has 0 saturated heterocycles. The molecule has 6 heteroatoms. The molecule has 0 rings (SSSR count). The third-order valence-electron chi connectivity index (χ3n) is 1.21. The highest BCUT2D eigenvalue weighted by Gasteiger charge is 2.06. The van der Waals surface area contributed by atoms with Crippen LogP contribution < -0.4 is 0 Å². The van der Waals surface area contributed by atoms with Gasteiger partial charge in [0.05, 0.1) is 24.0 Å². The molecule has 5 nitrogen and oxygen atoms in total. The predicted molar refractivity (Wildman–Crippen MR) is 55.4 cm³/mol. The smallest absolute Gasteiger partial charge is 0.331 e. The number of hydrogen-bond donors (Lipinski definition) is 0. The van der Waals surface area contributed by atoms with Gasteiger partial charge in [-0.1, -0.05) is 0 Å². The predicted octanol–water partition coefficient (Wildman–Crippen LogP) is 0.375. The quantitative estimate of drug-likeness (QED) is 0.490. The summed E-state index contributed by atoms with van der Waals surface area (Å²) < 4.78 is 20.3. The van der Waals surface area contributed by atoms with Crippen LogP contribution in [0.5, 0.6) is 0 Å². The number of esters is 2. The minimum absolute atomic E-state index is 0.246. The van der Waals surface area contributed by atoms with Crippen LogP contribution in [0.1, 0.15) is 13.8 Å². The van der Waals surface area contributed by atoms with E-state index in [9.17, 15) is 13.8 Å². The van der Waals surface area contributed by atoms with Gasteiger partial charge in [-0.3, -0.25) is 9.00 Å². The minimum Gasteiger partial charge on any atom is -0.465 e. The summed E-state index contributed by atoms with van der Waals surface area (Å²) in [6, 6.07) is 0. The van der Waals surface area contributed by atoms with E-state index in [1.165, 1.54) is 0 Å². The van der Waals surface area contributed by atoms with Crippen LogP contribution >= 0.6 is 0 Å². The molecule has 1 unspecified atom stereocenters. The van der Waals surface area contributed by atoms with Gasteiger partial charge >= 0.3 is 11.9 Å². The maximum Gasteiger partial charge on any atom is 0.331 e. The van der Waals surface area contributed by atoms with Crippen molar-refractivity contribution in [3.8, 4) is 0 Å². The molecule has 1 atom stereocenters. The van der Waals surface area contributed by atoms with Gasteiger partial charge in [0.2, 0.25) is 0 Å². The second-order valence-corrected chi connectivity index (χ2v) is 3.71. The molecule has 0 aliphatic heterocycles. The van der Waals surface area contributed by atoms with Crippen LogP contribution in [0.4, 0.5) is 0 Å². The van der Waals surface area contributed by atoms with Gasteiger partial charge in [-0.05, 0) is 13.8 Å². The molecule has 0 aliphatic rings. The lowest BCUT2D eigenvalue weighted by Gasteiger charge is -1.98. The van der Waals surface area contributed by atoms with E-state index in [-0.39, 0.29) is 19.0 Å². The molecule has 0 aromatic carbocycles. The van der Waals surface area contributed by atoms with Crippen molar-refractivity contribution in [3.05, 3.63) is 11.5 Å². The van der Waals surface area contributed by atoms with E-state index < -0.39 is 22.7 Å². The van der Waals surface area contributed by atoms with Crippen LogP contribution in [0.25, 0.3) is 0 Å². The van der Waals surface area contributed by atoms with E-state index in [2.05, 4.69) is 9.47 Å². The van der Waals surface area contributed by atoms with Gasteiger partial charge < -0.3 is 9.47 Å². The molecule has 0 radical (unpaired) electrons. The fraction of sp³-hybridized carbons (Fsp3) is 0.556. The van der Waals surface area contributed by atoms with Crippen molar-refractivity contribution in [1.29, 1.82) is 0 Å². The highest BCUT2D eigenvalue weighted by molar-refractivity contribution is 7.88. The van der Waals surface area contributed by atoms with Crippen molar-refractivity contribution in [2.75, 3.05) is 19.0 Å². The van der Waals surface area contributed by atoms with Crippen LogP contribution in [0.15, 0.2) is 11.5 Å². The topological polar surface area (TPSA) is 69.7 Å². The maximum atomic E-state index is 11.2. The van der Waals surface area contributed by atoms with Crippen molar-refractivity contribution in [2.24, 2.45) is 0 Å². The second-order valence-electron chi connectivity index (χ2n) is 2.38. The first-order valence-corrected chi connectivity index (χ1v) is 5.86. The molecular weight excluding hydrogens is 220 g/mol. The SMILES string of the molecule is CCOC(=O)/C=C/S(=O)CC(=O)OCC. The number of carbonyl (C=O) groups excluding carboxylic acids is 2. The molecule has 0 heterocycles. The average Bonchev–Trinajstić information content (AvgIpc) is 2.15. The Morgan fingerprint density at radius 3 is 2.33 bits per heavy atom. The molecule has 0 bridgehead atoms. The van der Waals surface area contributed by atoms with Crippen molar-refractivity contribution >= 4 is 22.7 Å². The van der Waals surface area contributed by atoms with Crippen molar-refractivity contribution in [2.45, 2.75) is 13.8 Å². The van der Waals surface area contributed by atoms with Gasteiger partial charge in [0.25, 0.3) is 0 Å². The molecule has 0 fully saturated rings.